The van der Waals surface area contributed by atoms with Crippen molar-refractivity contribution in [2.75, 3.05) is 13.7 Å². The van der Waals surface area contributed by atoms with Crippen LogP contribution in [0.4, 0.5) is 0 Å². The lowest BCUT2D eigenvalue weighted by Crippen LogP contribution is -2.43. The number of hydrogen-bond acceptors (Lipinski definition) is 4. The highest BCUT2D eigenvalue weighted by atomic mass is 16.5. The monoisotopic (exact) mass is 387 g/mol. The standard InChI is InChI=1S/C23H33NO4/c1-14(2)13-28-20-9-8-16(12-21(20)27-4)15(3)24-23(26)19-10-17-6-5-7-18(11-19)22(17)25/h8-9,12,14-15,17-19H,5-7,10-11,13H2,1-4H3,(H,24,26)/t15-,17-,18+,19?/m1/s1. The van der Waals surface area contributed by atoms with Crippen molar-refractivity contribution in [3.8, 4) is 11.5 Å². The fourth-order valence-electron chi connectivity index (χ4n) is 4.44. The number of carbonyl (C=O) groups excluding carboxylic acids is 2. The molecule has 5 nitrogen and oxygen atoms in total. The van der Waals surface area contributed by atoms with Crippen molar-refractivity contribution in [2.45, 2.75) is 58.9 Å². The summed E-state index contributed by atoms with van der Waals surface area (Å²) in [6.07, 6.45) is 4.43. The fraction of sp³-hybridized carbons (Fsp3) is 0.652. The minimum Gasteiger partial charge on any atom is -0.493 e. The molecule has 2 fully saturated rings. The van der Waals surface area contributed by atoms with Gasteiger partial charge in [-0.25, -0.2) is 0 Å². The van der Waals surface area contributed by atoms with Gasteiger partial charge in [0.2, 0.25) is 5.91 Å². The molecular formula is C23H33NO4. The Bertz CT molecular complexity index is 699. The van der Waals surface area contributed by atoms with Crippen LogP contribution < -0.4 is 14.8 Å². The lowest BCUT2D eigenvalue weighted by Gasteiger charge is -2.37. The van der Waals surface area contributed by atoms with E-state index in [1.807, 2.05) is 25.1 Å². The van der Waals surface area contributed by atoms with E-state index in [1.54, 1.807) is 7.11 Å². The van der Waals surface area contributed by atoms with Crippen LogP contribution in [0.3, 0.4) is 0 Å². The molecule has 0 aliphatic heterocycles. The summed E-state index contributed by atoms with van der Waals surface area (Å²) in [5, 5.41) is 3.14. The van der Waals surface area contributed by atoms with Gasteiger partial charge < -0.3 is 14.8 Å². The molecule has 1 unspecified atom stereocenters. The lowest BCUT2D eigenvalue weighted by molar-refractivity contribution is -0.137. The number of rotatable bonds is 7. The van der Waals surface area contributed by atoms with Crippen LogP contribution >= 0.6 is 0 Å². The third kappa shape index (κ3) is 4.68. The Labute approximate surface area is 168 Å². The molecule has 154 valence electrons. The maximum Gasteiger partial charge on any atom is 0.223 e. The summed E-state index contributed by atoms with van der Waals surface area (Å²) < 4.78 is 11.3. The molecule has 3 rings (SSSR count). The Morgan fingerprint density at radius 3 is 2.43 bits per heavy atom. The average molecular weight is 388 g/mol. The Kier molecular flexibility index (Phi) is 6.63. The molecule has 0 heterocycles. The van der Waals surface area contributed by atoms with Gasteiger partial charge in [-0.05, 0) is 56.2 Å². The number of ketones is 1. The molecule has 0 radical (unpaired) electrons. The highest BCUT2D eigenvalue weighted by molar-refractivity contribution is 5.88. The molecule has 0 spiro atoms. The Balaban J connectivity index is 1.63. The molecule has 2 aliphatic rings. The second kappa shape index (κ2) is 8.97. The first kappa shape index (κ1) is 20.7. The SMILES string of the molecule is COc1cc([C@@H](C)NC(=O)C2C[C@H]3CCC[C@@H](C2)C3=O)ccc1OCC(C)C. The molecule has 0 saturated heterocycles. The van der Waals surface area contributed by atoms with Gasteiger partial charge >= 0.3 is 0 Å². The van der Waals surface area contributed by atoms with Crippen molar-refractivity contribution >= 4 is 11.7 Å². The summed E-state index contributed by atoms with van der Waals surface area (Å²) in [4.78, 5) is 25.1. The van der Waals surface area contributed by atoms with Crippen molar-refractivity contribution in [3.63, 3.8) is 0 Å². The fourth-order valence-corrected chi connectivity index (χ4v) is 4.44. The van der Waals surface area contributed by atoms with Crippen LogP contribution in [0.1, 0.15) is 64.5 Å². The smallest absolute Gasteiger partial charge is 0.223 e. The number of carbonyl (C=O) groups is 2. The topological polar surface area (TPSA) is 64.6 Å². The van der Waals surface area contributed by atoms with Crippen LogP contribution in [-0.2, 0) is 9.59 Å². The Morgan fingerprint density at radius 2 is 1.82 bits per heavy atom. The Morgan fingerprint density at radius 1 is 1.14 bits per heavy atom. The molecule has 2 saturated carbocycles. The molecule has 28 heavy (non-hydrogen) atoms. The maximum atomic E-state index is 12.8. The molecule has 1 amide bonds. The molecular weight excluding hydrogens is 354 g/mol. The second-order valence-corrected chi connectivity index (χ2v) is 8.74. The number of nitrogens with one attached hydrogen (secondary N) is 1. The number of ether oxygens (including phenoxy) is 2. The number of fused-ring (bicyclic) bond motifs is 2. The van der Waals surface area contributed by atoms with E-state index in [1.165, 1.54) is 0 Å². The van der Waals surface area contributed by atoms with E-state index in [4.69, 9.17) is 9.47 Å². The van der Waals surface area contributed by atoms with Gasteiger partial charge in [-0.1, -0.05) is 26.3 Å². The van der Waals surface area contributed by atoms with Crippen LogP contribution in [-0.4, -0.2) is 25.4 Å². The first-order valence-corrected chi connectivity index (χ1v) is 10.5. The van der Waals surface area contributed by atoms with Crippen molar-refractivity contribution in [2.24, 2.45) is 23.7 Å². The minimum absolute atomic E-state index is 0.0500. The quantitative estimate of drug-likeness (QED) is 0.757. The summed E-state index contributed by atoms with van der Waals surface area (Å²) in [7, 11) is 1.63. The number of hydrogen-bond donors (Lipinski definition) is 1. The first-order chi connectivity index (χ1) is 13.4. The van der Waals surface area contributed by atoms with E-state index < -0.39 is 0 Å². The summed E-state index contributed by atoms with van der Waals surface area (Å²) in [6.45, 7) is 6.82. The van der Waals surface area contributed by atoms with Gasteiger partial charge in [0, 0.05) is 17.8 Å². The largest absolute Gasteiger partial charge is 0.493 e. The summed E-state index contributed by atoms with van der Waals surface area (Å²) in [6, 6.07) is 5.68. The predicted octanol–water partition coefficient (Wildman–Crippen LogP) is 4.30. The number of amides is 1. The van der Waals surface area contributed by atoms with Gasteiger partial charge in [0.1, 0.15) is 5.78 Å². The van der Waals surface area contributed by atoms with E-state index in [0.29, 0.717) is 36.9 Å². The molecule has 2 aliphatic carbocycles. The van der Waals surface area contributed by atoms with Gasteiger partial charge in [-0.2, -0.15) is 0 Å². The molecule has 4 atom stereocenters. The zero-order valence-corrected chi connectivity index (χ0v) is 17.5. The number of Topliss-reactive ketones (excluding diaryl/α,β-unsaturated/α-hetero) is 1. The van der Waals surface area contributed by atoms with Gasteiger partial charge in [-0.15, -0.1) is 0 Å². The first-order valence-electron chi connectivity index (χ1n) is 10.5. The molecule has 0 aromatic heterocycles. The van der Waals surface area contributed by atoms with Crippen LogP contribution in [0, 0.1) is 23.7 Å². The van der Waals surface area contributed by atoms with E-state index in [0.717, 1.165) is 30.6 Å². The highest BCUT2D eigenvalue weighted by Gasteiger charge is 2.41. The highest BCUT2D eigenvalue weighted by Crippen LogP contribution is 2.40. The third-order valence-corrected chi connectivity index (χ3v) is 6.04. The van der Waals surface area contributed by atoms with Gasteiger partial charge in [0.05, 0.1) is 19.8 Å². The molecule has 1 N–H and O–H groups in total. The zero-order valence-electron chi connectivity index (χ0n) is 17.5. The van der Waals surface area contributed by atoms with E-state index in [9.17, 15) is 9.59 Å². The summed E-state index contributed by atoms with van der Waals surface area (Å²) >= 11 is 0. The van der Waals surface area contributed by atoms with Crippen LogP contribution in [0.15, 0.2) is 18.2 Å². The van der Waals surface area contributed by atoms with Crippen molar-refractivity contribution < 1.29 is 19.1 Å². The lowest BCUT2D eigenvalue weighted by atomic mass is 9.67. The van der Waals surface area contributed by atoms with E-state index >= 15 is 0 Å². The van der Waals surface area contributed by atoms with Gasteiger partial charge in [0.15, 0.2) is 11.5 Å². The summed E-state index contributed by atoms with van der Waals surface area (Å²) in [5.41, 5.74) is 0.981. The number of methoxy groups -OCH3 is 1. The van der Waals surface area contributed by atoms with Crippen LogP contribution in [0.25, 0.3) is 0 Å². The van der Waals surface area contributed by atoms with Crippen molar-refractivity contribution in [1.29, 1.82) is 0 Å². The third-order valence-electron chi connectivity index (χ3n) is 6.04. The van der Waals surface area contributed by atoms with E-state index in [-0.39, 0.29) is 29.7 Å². The molecule has 1 aromatic carbocycles. The molecule has 5 heteroatoms. The van der Waals surface area contributed by atoms with E-state index in [2.05, 4.69) is 19.2 Å². The second-order valence-electron chi connectivity index (χ2n) is 8.74. The van der Waals surface area contributed by atoms with Crippen LogP contribution in [0.5, 0.6) is 11.5 Å². The molecule has 2 bridgehead atoms. The van der Waals surface area contributed by atoms with Crippen LogP contribution in [0.2, 0.25) is 0 Å². The maximum absolute atomic E-state index is 12.8. The van der Waals surface area contributed by atoms with Crippen molar-refractivity contribution in [1.82, 2.24) is 5.32 Å². The average Bonchev–Trinajstić information content (AvgIpc) is 2.65. The van der Waals surface area contributed by atoms with Gasteiger partial charge in [0.25, 0.3) is 0 Å². The molecule has 1 aromatic rings. The van der Waals surface area contributed by atoms with Gasteiger partial charge in [-0.3, -0.25) is 9.59 Å². The zero-order chi connectivity index (χ0) is 20.3. The number of benzene rings is 1. The minimum atomic E-state index is -0.127. The predicted molar refractivity (Wildman–Crippen MR) is 108 cm³/mol. The summed E-state index contributed by atoms with van der Waals surface area (Å²) in [5.74, 6) is 2.43. The normalized spacial score (nSPS) is 25.3. The Hall–Kier alpha value is -2.04. The van der Waals surface area contributed by atoms with Crippen molar-refractivity contribution in [3.05, 3.63) is 23.8 Å².